The number of nitrogens with zero attached hydrogens (tertiary/aromatic N) is 1. The van der Waals surface area contributed by atoms with Gasteiger partial charge in [0.05, 0.1) is 5.92 Å². The molecule has 0 radical (unpaired) electrons. The molecule has 1 aromatic heterocycles. The number of carbonyl (C=O) groups excluding carboxylic acids is 2. The summed E-state index contributed by atoms with van der Waals surface area (Å²) >= 11 is 6.25. The summed E-state index contributed by atoms with van der Waals surface area (Å²) in [5.74, 6) is -1.05. The number of hydrogen-bond donors (Lipinski definition) is 0. The number of hydrogen-bond acceptors (Lipinski definition) is 6. The number of fused-ring (bicyclic) bond motifs is 1. The second kappa shape index (κ2) is 9.81. The number of amides is 1. The summed E-state index contributed by atoms with van der Waals surface area (Å²) in [4.78, 5) is 37.2. The summed E-state index contributed by atoms with van der Waals surface area (Å²) in [5.41, 5.74) is 1.02. The van der Waals surface area contributed by atoms with Crippen LogP contribution in [-0.2, 0) is 27.3 Å². The number of rotatable bonds is 5. The minimum atomic E-state index is -4.60. The van der Waals surface area contributed by atoms with E-state index in [0.717, 1.165) is 10.5 Å². The molecule has 1 saturated heterocycles. The lowest BCUT2D eigenvalue weighted by atomic mass is 9.97. The Labute approximate surface area is 186 Å². The normalized spacial score (nSPS) is 15.1. The zero-order chi connectivity index (χ0) is 23.5. The minimum absolute atomic E-state index is 0.0731. The Kier molecular flexibility index (Phi) is 7.33. The van der Waals surface area contributed by atoms with Crippen LogP contribution in [0.5, 0.6) is 0 Å². The summed E-state index contributed by atoms with van der Waals surface area (Å²) in [6.45, 7) is 0.235. The lowest BCUT2D eigenvalue weighted by molar-refractivity contribution is -0.163. The molecule has 0 saturated carbocycles. The molecule has 0 atom stereocenters. The van der Waals surface area contributed by atoms with Crippen LogP contribution in [0.25, 0.3) is 11.0 Å². The molecule has 0 unspecified atom stereocenters. The Balaban J connectivity index is 1.59. The fraction of sp³-hybridized carbons (Fsp3) is 0.476. The third kappa shape index (κ3) is 5.93. The van der Waals surface area contributed by atoms with Gasteiger partial charge < -0.3 is 18.8 Å². The average Bonchev–Trinajstić information content (AvgIpc) is 2.75. The van der Waals surface area contributed by atoms with Crippen LogP contribution in [0.15, 0.2) is 27.4 Å². The van der Waals surface area contributed by atoms with E-state index in [0.29, 0.717) is 28.0 Å². The van der Waals surface area contributed by atoms with Gasteiger partial charge in [0.1, 0.15) is 12.2 Å². The van der Waals surface area contributed by atoms with Gasteiger partial charge in [-0.3, -0.25) is 4.79 Å². The van der Waals surface area contributed by atoms with E-state index < -0.39 is 36.4 Å². The van der Waals surface area contributed by atoms with Crippen molar-refractivity contribution in [1.82, 2.24) is 4.90 Å². The molecule has 1 amide bonds. The zero-order valence-electron chi connectivity index (χ0n) is 17.2. The number of benzene rings is 1. The summed E-state index contributed by atoms with van der Waals surface area (Å²) in [6, 6.07) is 4.57. The van der Waals surface area contributed by atoms with Crippen molar-refractivity contribution in [2.45, 2.75) is 39.0 Å². The minimum Gasteiger partial charge on any atom is -0.461 e. The fourth-order valence-corrected chi connectivity index (χ4v) is 3.78. The maximum Gasteiger partial charge on any atom is 0.422 e. The van der Waals surface area contributed by atoms with Crippen molar-refractivity contribution in [3.05, 3.63) is 44.8 Å². The molecule has 1 fully saturated rings. The van der Waals surface area contributed by atoms with Crippen molar-refractivity contribution in [3.63, 3.8) is 0 Å². The number of piperidine rings is 1. The van der Waals surface area contributed by atoms with E-state index >= 15 is 0 Å². The molecule has 0 bridgehead atoms. The molecule has 0 N–H and O–H groups in total. The molecule has 0 spiro atoms. The first-order valence-electron chi connectivity index (χ1n) is 9.97. The molecule has 1 aliphatic heterocycles. The second-order valence-corrected chi connectivity index (χ2v) is 7.83. The number of aryl methyl sites for hydroxylation is 1. The highest BCUT2D eigenvalue weighted by atomic mass is 35.5. The van der Waals surface area contributed by atoms with Crippen molar-refractivity contribution in [3.8, 4) is 0 Å². The largest absolute Gasteiger partial charge is 0.461 e. The highest BCUT2D eigenvalue weighted by Gasteiger charge is 2.33. The molecule has 1 aromatic carbocycles. The third-order valence-corrected chi connectivity index (χ3v) is 5.55. The summed E-state index contributed by atoms with van der Waals surface area (Å²) in [6.07, 6.45) is -4.56. The van der Waals surface area contributed by atoms with Crippen LogP contribution in [0.2, 0.25) is 5.02 Å². The SMILES string of the molecule is CCc1cc2oc(=O)cc(COC(=O)C3CCN(C(=O)OCC(F)(F)F)CC3)c2cc1Cl. The van der Waals surface area contributed by atoms with Crippen molar-refractivity contribution in [2.24, 2.45) is 5.92 Å². The highest BCUT2D eigenvalue weighted by Crippen LogP contribution is 2.27. The van der Waals surface area contributed by atoms with Gasteiger partial charge >= 0.3 is 23.9 Å². The lowest BCUT2D eigenvalue weighted by Crippen LogP contribution is -2.41. The maximum atomic E-state index is 12.5. The van der Waals surface area contributed by atoms with Gasteiger partial charge in [-0.15, -0.1) is 0 Å². The number of esters is 1. The molecule has 32 heavy (non-hydrogen) atoms. The molecular formula is C21H21ClF3NO6. The molecule has 7 nitrogen and oxygen atoms in total. The predicted molar refractivity (Wildman–Crippen MR) is 108 cm³/mol. The Hall–Kier alpha value is -2.75. The van der Waals surface area contributed by atoms with Gasteiger partial charge in [0.2, 0.25) is 0 Å². The standard InChI is InChI=1S/C21H21ClF3NO6/c1-2-12-7-17-15(9-16(12)22)14(8-18(27)32-17)10-30-19(28)13-3-5-26(6-4-13)20(29)31-11-21(23,24)25/h7-9,13H,2-6,10-11H2,1H3. The van der Waals surface area contributed by atoms with Crippen molar-refractivity contribution in [2.75, 3.05) is 19.7 Å². The maximum absolute atomic E-state index is 12.5. The first-order valence-corrected chi connectivity index (χ1v) is 10.4. The first-order chi connectivity index (χ1) is 15.1. The van der Waals surface area contributed by atoms with E-state index in [-0.39, 0.29) is 32.5 Å². The average molecular weight is 476 g/mol. The number of carbonyl (C=O) groups is 2. The lowest BCUT2D eigenvalue weighted by Gasteiger charge is -2.30. The summed E-state index contributed by atoms with van der Waals surface area (Å²) < 4.78 is 51.3. The first kappa shape index (κ1) is 23.9. The van der Waals surface area contributed by atoms with Crippen LogP contribution in [0.1, 0.15) is 30.9 Å². The van der Waals surface area contributed by atoms with Crippen LogP contribution in [-0.4, -0.2) is 42.8 Å². The predicted octanol–water partition coefficient (Wildman–Crippen LogP) is 4.46. The third-order valence-electron chi connectivity index (χ3n) is 5.19. The van der Waals surface area contributed by atoms with E-state index in [9.17, 15) is 27.6 Å². The molecular weight excluding hydrogens is 455 g/mol. The molecule has 2 heterocycles. The number of alkyl halides is 3. The van der Waals surface area contributed by atoms with Gasteiger partial charge in [-0.2, -0.15) is 13.2 Å². The molecule has 0 aliphatic carbocycles. The summed E-state index contributed by atoms with van der Waals surface area (Å²) in [5, 5.41) is 1.06. The molecule has 3 rings (SSSR count). The highest BCUT2D eigenvalue weighted by molar-refractivity contribution is 6.32. The molecule has 174 valence electrons. The van der Waals surface area contributed by atoms with Crippen molar-refractivity contribution >= 4 is 34.6 Å². The van der Waals surface area contributed by atoms with Crippen molar-refractivity contribution in [1.29, 1.82) is 0 Å². The Morgan fingerprint density at radius 2 is 1.84 bits per heavy atom. The van der Waals surface area contributed by atoms with Crippen LogP contribution < -0.4 is 5.63 Å². The number of ether oxygens (including phenoxy) is 2. The Morgan fingerprint density at radius 3 is 2.47 bits per heavy atom. The van der Waals surface area contributed by atoms with Gasteiger partial charge in [-0.25, -0.2) is 9.59 Å². The van der Waals surface area contributed by atoms with E-state index in [4.69, 9.17) is 20.8 Å². The quantitative estimate of drug-likeness (QED) is 0.468. The van der Waals surface area contributed by atoms with Gasteiger partial charge in [0.25, 0.3) is 0 Å². The topological polar surface area (TPSA) is 86.0 Å². The second-order valence-electron chi connectivity index (χ2n) is 7.42. The van der Waals surface area contributed by atoms with Gasteiger partial charge in [0.15, 0.2) is 6.61 Å². The van der Waals surface area contributed by atoms with Gasteiger partial charge in [-0.05, 0) is 37.0 Å². The smallest absolute Gasteiger partial charge is 0.422 e. The Bertz CT molecular complexity index is 1060. The van der Waals surface area contributed by atoms with Crippen LogP contribution in [0, 0.1) is 5.92 Å². The monoisotopic (exact) mass is 475 g/mol. The molecule has 11 heteroatoms. The molecule has 2 aromatic rings. The number of likely N-dealkylation sites (tertiary alicyclic amines) is 1. The van der Waals surface area contributed by atoms with E-state index in [1.165, 1.54) is 6.07 Å². The Morgan fingerprint density at radius 1 is 1.16 bits per heavy atom. The van der Waals surface area contributed by atoms with E-state index in [2.05, 4.69) is 4.74 Å². The summed E-state index contributed by atoms with van der Waals surface area (Å²) in [7, 11) is 0. The van der Waals surface area contributed by atoms with Crippen LogP contribution in [0.3, 0.4) is 0 Å². The zero-order valence-corrected chi connectivity index (χ0v) is 17.9. The van der Waals surface area contributed by atoms with Crippen LogP contribution in [0.4, 0.5) is 18.0 Å². The van der Waals surface area contributed by atoms with Gasteiger partial charge in [-0.1, -0.05) is 18.5 Å². The van der Waals surface area contributed by atoms with E-state index in [1.54, 1.807) is 12.1 Å². The fourth-order valence-electron chi connectivity index (χ4n) is 3.48. The van der Waals surface area contributed by atoms with E-state index in [1.807, 2.05) is 6.92 Å². The van der Waals surface area contributed by atoms with Gasteiger partial charge in [0, 0.05) is 35.1 Å². The number of halogens is 4. The van der Waals surface area contributed by atoms with Crippen molar-refractivity contribution < 1.29 is 36.7 Å². The molecule has 1 aliphatic rings. The van der Waals surface area contributed by atoms with Crippen LogP contribution >= 0.6 is 11.6 Å².